The number of ether oxygens (including phenoxy) is 1. The van der Waals surface area contributed by atoms with E-state index < -0.39 is 10.0 Å². The molecule has 2 aromatic rings. The van der Waals surface area contributed by atoms with Gasteiger partial charge in [0.2, 0.25) is 10.0 Å². The van der Waals surface area contributed by atoms with Gasteiger partial charge >= 0.3 is 0 Å². The number of amides is 1. The summed E-state index contributed by atoms with van der Waals surface area (Å²) in [7, 11) is -3.63. The second-order valence-corrected chi connectivity index (χ2v) is 7.94. The summed E-state index contributed by atoms with van der Waals surface area (Å²) >= 11 is 0. The number of anilines is 1. The third kappa shape index (κ3) is 4.87. The Morgan fingerprint density at radius 2 is 1.67 bits per heavy atom. The topological polar surface area (TPSA) is 75.7 Å². The van der Waals surface area contributed by atoms with Gasteiger partial charge in [-0.05, 0) is 44.2 Å². The van der Waals surface area contributed by atoms with Crippen molar-refractivity contribution in [3.8, 4) is 5.75 Å². The molecule has 27 heavy (non-hydrogen) atoms. The standard InChI is InChI=1S/C20H26N2O4S/c1-5-22(6-2)27(24,25)17-12-13-19(26-7-3)18(14-17)21-20(23)16-10-8-15(4)9-11-16/h8-14H,5-7H2,1-4H3,(H,21,23). The molecule has 0 saturated carbocycles. The van der Waals surface area contributed by atoms with Crippen molar-refractivity contribution in [3.63, 3.8) is 0 Å². The first-order valence-electron chi connectivity index (χ1n) is 8.98. The van der Waals surface area contributed by atoms with Crippen LogP contribution in [-0.4, -0.2) is 38.3 Å². The quantitative estimate of drug-likeness (QED) is 0.746. The normalized spacial score (nSPS) is 11.4. The molecule has 6 nitrogen and oxygen atoms in total. The van der Waals surface area contributed by atoms with Gasteiger partial charge in [0.05, 0.1) is 17.2 Å². The van der Waals surface area contributed by atoms with Crippen LogP contribution in [0.4, 0.5) is 5.69 Å². The molecule has 7 heteroatoms. The number of hydrogen-bond acceptors (Lipinski definition) is 4. The average molecular weight is 391 g/mol. The van der Waals surface area contributed by atoms with Crippen molar-refractivity contribution in [2.45, 2.75) is 32.6 Å². The van der Waals surface area contributed by atoms with E-state index in [9.17, 15) is 13.2 Å². The fourth-order valence-corrected chi connectivity index (χ4v) is 4.15. The zero-order valence-electron chi connectivity index (χ0n) is 16.2. The van der Waals surface area contributed by atoms with Gasteiger partial charge in [0.15, 0.2) is 0 Å². The van der Waals surface area contributed by atoms with Gasteiger partial charge in [0.25, 0.3) is 5.91 Å². The molecule has 0 aromatic heterocycles. The lowest BCUT2D eigenvalue weighted by Gasteiger charge is -2.20. The van der Waals surface area contributed by atoms with Gasteiger partial charge in [-0.2, -0.15) is 4.31 Å². The summed E-state index contributed by atoms with van der Waals surface area (Å²) in [6.07, 6.45) is 0. The molecule has 0 fully saturated rings. The zero-order valence-corrected chi connectivity index (χ0v) is 17.0. The van der Waals surface area contributed by atoms with Gasteiger partial charge < -0.3 is 10.1 Å². The van der Waals surface area contributed by atoms with Crippen LogP contribution >= 0.6 is 0 Å². The zero-order chi connectivity index (χ0) is 20.0. The van der Waals surface area contributed by atoms with E-state index in [0.717, 1.165) is 5.56 Å². The fraction of sp³-hybridized carbons (Fsp3) is 0.350. The molecule has 1 amide bonds. The summed E-state index contributed by atoms with van der Waals surface area (Å²) in [4.78, 5) is 12.7. The van der Waals surface area contributed by atoms with Crippen LogP contribution in [0, 0.1) is 6.92 Å². The van der Waals surface area contributed by atoms with Crippen LogP contribution in [-0.2, 0) is 10.0 Å². The number of carbonyl (C=O) groups is 1. The molecule has 0 saturated heterocycles. The van der Waals surface area contributed by atoms with Crippen molar-refractivity contribution in [2.24, 2.45) is 0 Å². The molecule has 0 aliphatic rings. The molecule has 0 bridgehead atoms. The van der Waals surface area contributed by atoms with Crippen LogP contribution in [0.3, 0.4) is 0 Å². The second-order valence-electron chi connectivity index (χ2n) is 6.00. The molecule has 0 unspecified atom stereocenters. The summed E-state index contributed by atoms with van der Waals surface area (Å²) in [5.41, 5.74) is 1.87. The Kier molecular flexibility index (Phi) is 6.98. The molecule has 0 spiro atoms. The minimum Gasteiger partial charge on any atom is -0.492 e. The van der Waals surface area contributed by atoms with Crippen LogP contribution in [0.2, 0.25) is 0 Å². The average Bonchev–Trinajstić information content (AvgIpc) is 2.64. The lowest BCUT2D eigenvalue weighted by molar-refractivity contribution is 0.102. The van der Waals surface area contributed by atoms with Crippen LogP contribution in [0.15, 0.2) is 47.4 Å². The number of carbonyl (C=O) groups excluding carboxylic acids is 1. The van der Waals surface area contributed by atoms with E-state index in [1.165, 1.54) is 16.4 Å². The van der Waals surface area contributed by atoms with Crippen LogP contribution in [0.5, 0.6) is 5.75 Å². The lowest BCUT2D eigenvalue weighted by Crippen LogP contribution is -2.30. The predicted octanol–water partition coefficient (Wildman–Crippen LogP) is 3.68. The molecule has 0 heterocycles. The monoisotopic (exact) mass is 390 g/mol. The molecule has 146 valence electrons. The van der Waals surface area contributed by atoms with Gasteiger partial charge in [-0.15, -0.1) is 0 Å². The van der Waals surface area contributed by atoms with E-state index in [4.69, 9.17) is 4.74 Å². The number of benzene rings is 2. The highest BCUT2D eigenvalue weighted by Gasteiger charge is 2.23. The minimum atomic E-state index is -3.63. The summed E-state index contributed by atoms with van der Waals surface area (Å²) in [5.74, 6) is 0.102. The number of nitrogens with one attached hydrogen (secondary N) is 1. The minimum absolute atomic E-state index is 0.119. The largest absolute Gasteiger partial charge is 0.492 e. The summed E-state index contributed by atoms with van der Waals surface area (Å²) in [5, 5.41) is 2.77. The summed E-state index contributed by atoms with van der Waals surface area (Å²) < 4.78 is 32.5. The predicted molar refractivity (Wildman–Crippen MR) is 107 cm³/mol. The molecule has 0 atom stereocenters. The number of sulfonamides is 1. The second kappa shape index (κ2) is 9.01. The molecule has 2 aromatic carbocycles. The van der Waals surface area contributed by atoms with E-state index in [1.807, 2.05) is 26.0 Å². The van der Waals surface area contributed by atoms with Crippen LogP contribution in [0.1, 0.15) is 36.7 Å². The lowest BCUT2D eigenvalue weighted by atomic mass is 10.1. The summed E-state index contributed by atoms with van der Waals surface area (Å²) in [6.45, 7) is 8.48. The van der Waals surface area contributed by atoms with Crippen molar-refractivity contribution in [1.29, 1.82) is 0 Å². The van der Waals surface area contributed by atoms with E-state index in [1.54, 1.807) is 32.0 Å². The number of nitrogens with zero attached hydrogens (tertiary/aromatic N) is 1. The molecule has 0 radical (unpaired) electrons. The fourth-order valence-electron chi connectivity index (χ4n) is 2.66. The Morgan fingerprint density at radius 3 is 2.22 bits per heavy atom. The van der Waals surface area contributed by atoms with E-state index in [2.05, 4.69) is 5.32 Å². The highest BCUT2D eigenvalue weighted by Crippen LogP contribution is 2.29. The van der Waals surface area contributed by atoms with Crippen molar-refractivity contribution in [2.75, 3.05) is 25.0 Å². The summed E-state index contributed by atoms with van der Waals surface area (Å²) in [6, 6.07) is 11.7. The van der Waals surface area contributed by atoms with Gasteiger partial charge in [-0.3, -0.25) is 4.79 Å². The van der Waals surface area contributed by atoms with Gasteiger partial charge in [0.1, 0.15) is 5.75 Å². The van der Waals surface area contributed by atoms with Gasteiger partial charge in [-0.1, -0.05) is 31.5 Å². The molecule has 0 aliphatic carbocycles. The molecule has 0 aliphatic heterocycles. The highest BCUT2D eigenvalue weighted by molar-refractivity contribution is 7.89. The Balaban J connectivity index is 2.41. The first-order chi connectivity index (χ1) is 12.8. The number of hydrogen-bond donors (Lipinski definition) is 1. The maximum atomic E-state index is 12.8. The van der Waals surface area contributed by atoms with E-state index >= 15 is 0 Å². The SMILES string of the molecule is CCOc1ccc(S(=O)(=O)N(CC)CC)cc1NC(=O)c1ccc(C)cc1. The molecule has 1 N–H and O–H groups in total. The first kappa shape index (κ1) is 20.9. The third-order valence-corrected chi connectivity index (χ3v) is 6.20. The van der Waals surface area contributed by atoms with Crippen molar-refractivity contribution in [1.82, 2.24) is 4.31 Å². The van der Waals surface area contributed by atoms with E-state index in [-0.39, 0.29) is 10.8 Å². The highest BCUT2D eigenvalue weighted by atomic mass is 32.2. The molecule has 2 rings (SSSR count). The number of rotatable bonds is 8. The molecular formula is C20H26N2O4S. The Labute approximate surface area is 161 Å². The maximum Gasteiger partial charge on any atom is 0.255 e. The van der Waals surface area contributed by atoms with E-state index in [0.29, 0.717) is 36.7 Å². The van der Waals surface area contributed by atoms with Gasteiger partial charge in [-0.25, -0.2) is 8.42 Å². The maximum absolute atomic E-state index is 12.8. The van der Waals surface area contributed by atoms with Gasteiger partial charge in [0, 0.05) is 18.7 Å². The number of aryl methyl sites for hydroxylation is 1. The first-order valence-corrected chi connectivity index (χ1v) is 10.4. The Hall–Kier alpha value is -2.38. The van der Waals surface area contributed by atoms with Crippen molar-refractivity contribution in [3.05, 3.63) is 53.6 Å². The van der Waals surface area contributed by atoms with Crippen LogP contribution in [0.25, 0.3) is 0 Å². The Bertz CT molecular complexity index is 889. The molecular weight excluding hydrogens is 364 g/mol. The van der Waals surface area contributed by atoms with Crippen molar-refractivity contribution < 1.29 is 17.9 Å². The Morgan fingerprint density at radius 1 is 1.04 bits per heavy atom. The smallest absolute Gasteiger partial charge is 0.255 e. The van der Waals surface area contributed by atoms with Crippen LogP contribution < -0.4 is 10.1 Å². The third-order valence-electron chi connectivity index (χ3n) is 4.16. The van der Waals surface area contributed by atoms with Crippen molar-refractivity contribution >= 4 is 21.6 Å².